The number of amides is 1. The summed E-state index contributed by atoms with van der Waals surface area (Å²) in [5.41, 5.74) is 4.38. The second kappa shape index (κ2) is 13.3. The molecule has 0 spiro atoms. The summed E-state index contributed by atoms with van der Waals surface area (Å²) in [4.78, 5) is 12.9. The highest BCUT2D eigenvalue weighted by Crippen LogP contribution is 2.28. The summed E-state index contributed by atoms with van der Waals surface area (Å²) in [6.45, 7) is 6.36. The molecule has 0 aliphatic carbocycles. The normalized spacial score (nSPS) is 11.4. The average Bonchev–Trinajstić information content (AvgIpc) is 2.87. The van der Waals surface area contributed by atoms with E-state index in [9.17, 15) is 13.2 Å². The summed E-state index contributed by atoms with van der Waals surface area (Å²) < 4.78 is 40.0. The van der Waals surface area contributed by atoms with Gasteiger partial charge in [0.1, 0.15) is 6.54 Å². The highest BCUT2D eigenvalue weighted by Gasteiger charge is 2.27. The van der Waals surface area contributed by atoms with Crippen molar-refractivity contribution >= 4 is 43.8 Å². The Hall–Kier alpha value is -3.37. The van der Waals surface area contributed by atoms with Crippen LogP contribution >= 0.6 is 15.9 Å². The summed E-state index contributed by atoms with van der Waals surface area (Å²) in [5.74, 6) is 0.618. The zero-order valence-electron chi connectivity index (χ0n) is 21.0. The van der Waals surface area contributed by atoms with Crippen molar-refractivity contribution < 1.29 is 22.7 Å². The van der Waals surface area contributed by atoms with Gasteiger partial charge >= 0.3 is 0 Å². The van der Waals surface area contributed by atoms with E-state index in [4.69, 9.17) is 9.47 Å². The Morgan fingerprint density at radius 1 is 1.03 bits per heavy atom. The maximum Gasteiger partial charge on any atom is 0.264 e. The van der Waals surface area contributed by atoms with Gasteiger partial charge in [-0.1, -0.05) is 46.6 Å². The summed E-state index contributed by atoms with van der Waals surface area (Å²) >= 11 is 3.37. The third-order valence-corrected chi connectivity index (χ3v) is 7.41. The number of hydrazone groups is 1. The summed E-state index contributed by atoms with van der Waals surface area (Å²) in [6, 6.07) is 18.6. The molecule has 0 aromatic heterocycles. The fraction of sp³-hybridized carbons (Fsp3) is 0.259. The second-order valence-electron chi connectivity index (χ2n) is 8.09. The zero-order chi connectivity index (χ0) is 26.8. The molecular weight excluding hydrogens is 558 g/mol. The minimum Gasteiger partial charge on any atom is -0.490 e. The van der Waals surface area contributed by atoms with Gasteiger partial charge in [-0.2, -0.15) is 5.10 Å². The van der Waals surface area contributed by atoms with Gasteiger partial charge in [0.2, 0.25) is 0 Å². The summed E-state index contributed by atoms with van der Waals surface area (Å²) in [7, 11) is -4.02. The van der Waals surface area contributed by atoms with Crippen LogP contribution in [0.2, 0.25) is 0 Å². The minimum atomic E-state index is -4.02. The molecule has 3 aromatic carbocycles. The molecule has 196 valence electrons. The van der Waals surface area contributed by atoms with E-state index in [1.54, 1.807) is 54.6 Å². The monoisotopic (exact) mass is 587 g/mol. The predicted octanol–water partition coefficient (Wildman–Crippen LogP) is 5.29. The van der Waals surface area contributed by atoms with Gasteiger partial charge in [-0.05, 0) is 74.4 Å². The smallest absolute Gasteiger partial charge is 0.264 e. The number of sulfonamides is 1. The summed E-state index contributed by atoms with van der Waals surface area (Å²) in [6.07, 6.45) is 2.33. The van der Waals surface area contributed by atoms with Crippen LogP contribution in [0, 0.1) is 6.92 Å². The minimum absolute atomic E-state index is 0.0863. The molecule has 0 saturated heterocycles. The molecule has 1 N–H and O–H groups in total. The lowest BCUT2D eigenvalue weighted by Gasteiger charge is -2.24. The first-order valence-electron chi connectivity index (χ1n) is 11.8. The van der Waals surface area contributed by atoms with E-state index in [1.807, 2.05) is 20.8 Å². The Morgan fingerprint density at radius 2 is 1.78 bits per heavy atom. The molecule has 0 atom stereocenters. The van der Waals surface area contributed by atoms with Gasteiger partial charge in [0, 0.05) is 4.47 Å². The van der Waals surface area contributed by atoms with E-state index >= 15 is 0 Å². The lowest BCUT2D eigenvalue weighted by Crippen LogP contribution is -2.39. The van der Waals surface area contributed by atoms with Gasteiger partial charge in [-0.15, -0.1) is 0 Å². The third kappa shape index (κ3) is 7.80. The fourth-order valence-electron chi connectivity index (χ4n) is 3.33. The first-order chi connectivity index (χ1) is 17.7. The highest BCUT2D eigenvalue weighted by molar-refractivity contribution is 9.10. The van der Waals surface area contributed by atoms with E-state index in [0.29, 0.717) is 40.4 Å². The van der Waals surface area contributed by atoms with Crippen LogP contribution < -0.4 is 19.2 Å². The average molecular weight is 589 g/mol. The van der Waals surface area contributed by atoms with Gasteiger partial charge in [-0.3, -0.25) is 9.10 Å². The van der Waals surface area contributed by atoms with Crippen LogP contribution in [-0.4, -0.2) is 40.3 Å². The van der Waals surface area contributed by atoms with Crippen LogP contribution in [-0.2, 0) is 14.8 Å². The standard InChI is InChI=1S/C27H30BrN3O5S/c1-4-15-36-25-14-11-21(16-26(25)35-5-2)18-29-30-27(32)19-31(23-8-6-7-22(28)17-23)37(33,34)24-12-9-20(3)10-13-24/h6-14,16-18H,4-5,15,19H2,1-3H3,(H,30,32)/b29-18-. The van der Waals surface area contributed by atoms with Crippen molar-refractivity contribution in [1.29, 1.82) is 0 Å². The molecule has 0 fully saturated rings. The van der Waals surface area contributed by atoms with Gasteiger partial charge in [0.25, 0.3) is 15.9 Å². The quantitative estimate of drug-likeness (QED) is 0.229. The number of ether oxygens (including phenoxy) is 2. The van der Waals surface area contributed by atoms with Crippen molar-refractivity contribution in [3.63, 3.8) is 0 Å². The molecular formula is C27H30BrN3O5S. The maximum absolute atomic E-state index is 13.5. The number of hydrogen-bond donors (Lipinski definition) is 1. The van der Waals surface area contributed by atoms with Crippen LogP contribution in [0.4, 0.5) is 5.69 Å². The van der Waals surface area contributed by atoms with E-state index in [-0.39, 0.29) is 4.90 Å². The third-order valence-electron chi connectivity index (χ3n) is 5.12. The number of nitrogens with zero attached hydrogens (tertiary/aromatic N) is 2. The molecule has 1 amide bonds. The first-order valence-corrected chi connectivity index (χ1v) is 14.0. The summed E-state index contributed by atoms with van der Waals surface area (Å²) in [5, 5.41) is 4.01. The van der Waals surface area contributed by atoms with E-state index in [1.165, 1.54) is 18.3 Å². The highest BCUT2D eigenvalue weighted by atomic mass is 79.9. The number of halogens is 1. The second-order valence-corrected chi connectivity index (χ2v) is 10.9. The maximum atomic E-state index is 13.5. The van der Waals surface area contributed by atoms with Crippen LogP contribution in [0.3, 0.4) is 0 Å². The van der Waals surface area contributed by atoms with Crippen molar-refractivity contribution in [2.45, 2.75) is 32.1 Å². The number of aryl methyl sites for hydroxylation is 1. The number of nitrogens with one attached hydrogen (secondary N) is 1. The molecule has 0 aliphatic heterocycles. The van der Waals surface area contributed by atoms with Crippen molar-refractivity contribution in [1.82, 2.24) is 5.43 Å². The number of carbonyl (C=O) groups is 1. The van der Waals surface area contributed by atoms with E-state index in [0.717, 1.165) is 16.3 Å². The molecule has 3 rings (SSSR count). The van der Waals surface area contributed by atoms with Crippen LogP contribution in [0.5, 0.6) is 11.5 Å². The number of rotatable bonds is 12. The molecule has 0 bridgehead atoms. The Kier molecular flexibility index (Phi) is 10.1. The molecule has 0 saturated carbocycles. The largest absolute Gasteiger partial charge is 0.490 e. The zero-order valence-corrected chi connectivity index (χ0v) is 23.4. The number of benzene rings is 3. The number of carbonyl (C=O) groups excluding carboxylic acids is 1. The molecule has 0 aliphatic rings. The Labute approximate surface area is 226 Å². The van der Waals surface area contributed by atoms with Crippen LogP contribution in [0.15, 0.2) is 81.2 Å². The predicted molar refractivity (Wildman–Crippen MR) is 149 cm³/mol. The molecule has 0 radical (unpaired) electrons. The molecule has 37 heavy (non-hydrogen) atoms. The van der Waals surface area contributed by atoms with Crippen molar-refractivity contribution in [3.8, 4) is 11.5 Å². The Morgan fingerprint density at radius 3 is 2.46 bits per heavy atom. The van der Waals surface area contributed by atoms with Gasteiger partial charge in [-0.25, -0.2) is 13.8 Å². The van der Waals surface area contributed by atoms with Gasteiger partial charge in [0.15, 0.2) is 11.5 Å². The Balaban J connectivity index is 1.78. The number of hydrogen-bond acceptors (Lipinski definition) is 6. The number of anilines is 1. The molecule has 3 aromatic rings. The molecule has 8 nitrogen and oxygen atoms in total. The fourth-order valence-corrected chi connectivity index (χ4v) is 5.13. The molecule has 0 heterocycles. The first kappa shape index (κ1) is 28.2. The molecule has 10 heteroatoms. The van der Waals surface area contributed by atoms with Gasteiger partial charge < -0.3 is 9.47 Å². The van der Waals surface area contributed by atoms with Crippen molar-refractivity contribution in [2.24, 2.45) is 5.10 Å². The lowest BCUT2D eigenvalue weighted by molar-refractivity contribution is -0.119. The van der Waals surface area contributed by atoms with Crippen LogP contribution in [0.1, 0.15) is 31.4 Å². The van der Waals surface area contributed by atoms with Crippen molar-refractivity contribution in [3.05, 3.63) is 82.3 Å². The van der Waals surface area contributed by atoms with Crippen LogP contribution in [0.25, 0.3) is 0 Å². The van der Waals surface area contributed by atoms with Gasteiger partial charge in [0.05, 0.1) is 30.0 Å². The van der Waals surface area contributed by atoms with Crippen molar-refractivity contribution in [2.75, 3.05) is 24.1 Å². The van der Waals surface area contributed by atoms with E-state index in [2.05, 4.69) is 26.5 Å². The lowest BCUT2D eigenvalue weighted by atomic mass is 10.2. The van der Waals surface area contributed by atoms with E-state index < -0.39 is 22.5 Å². The Bertz CT molecular complexity index is 1340. The topological polar surface area (TPSA) is 97.3 Å². The molecule has 0 unspecified atom stereocenters. The SMILES string of the molecule is CCCOc1ccc(/C=N\NC(=O)CN(c2cccc(Br)c2)S(=O)(=O)c2ccc(C)cc2)cc1OCC.